The summed E-state index contributed by atoms with van der Waals surface area (Å²) in [6.45, 7) is 7.93. The van der Waals surface area contributed by atoms with Gasteiger partial charge in [-0.05, 0) is 51.5 Å². The van der Waals surface area contributed by atoms with Crippen molar-refractivity contribution in [2.75, 3.05) is 19.0 Å². The predicted molar refractivity (Wildman–Crippen MR) is 110 cm³/mol. The first-order valence-corrected chi connectivity index (χ1v) is 9.35. The quantitative estimate of drug-likeness (QED) is 0.750. The summed E-state index contributed by atoms with van der Waals surface area (Å²) in [5.74, 6) is -0.934. The molecule has 2 rings (SSSR count). The van der Waals surface area contributed by atoms with Crippen molar-refractivity contribution in [1.29, 1.82) is 0 Å². The van der Waals surface area contributed by atoms with Crippen molar-refractivity contribution in [1.82, 2.24) is 4.90 Å². The topological polar surface area (TPSA) is 67.9 Å². The third kappa shape index (κ3) is 6.20. The Bertz CT molecular complexity index is 877. The molecule has 1 N–H and O–H groups in total. The average Bonchev–Trinajstić information content (AvgIpc) is 2.65. The van der Waals surface area contributed by atoms with Gasteiger partial charge >= 0.3 is 6.09 Å². The zero-order valence-corrected chi connectivity index (χ0v) is 17.4. The van der Waals surface area contributed by atoms with Gasteiger partial charge in [0, 0.05) is 18.3 Å². The highest BCUT2D eigenvalue weighted by molar-refractivity contribution is 6.04. The number of amides is 2. The molecule has 6 nitrogen and oxygen atoms in total. The molecule has 2 amide bonds. The Balaban J connectivity index is 2.20. The second kappa shape index (κ2) is 9.41. The molecule has 0 aliphatic carbocycles. The molecule has 29 heavy (non-hydrogen) atoms. The molecule has 0 heterocycles. The molecule has 0 spiro atoms. The number of halogens is 1. The van der Waals surface area contributed by atoms with Crippen LogP contribution in [-0.4, -0.2) is 36.2 Å². The molecule has 0 saturated carbocycles. The number of hydrogen-bond acceptors (Lipinski definition) is 4. The molecule has 0 radical (unpaired) electrons. The average molecular weight is 402 g/mol. The number of methoxy groups -OCH3 is 1. The van der Waals surface area contributed by atoms with Gasteiger partial charge in [0.15, 0.2) is 0 Å². The van der Waals surface area contributed by atoms with Gasteiger partial charge in [0.1, 0.15) is 17.2 Å². The van der Waals surface area contributed by atoms with E-state index in [-0.39, 0.29) is 12.1 Å². The molecule has 0 aromatic heterocycles. The third-order valence-corrected chi connectivity index (χ3v) is 4.08. The molecule has 0 fully saturated rings. The van der Waals surface area contributed by atoms with E-state index in [4.69, 9.17) is 9.47 Å². The number of nitrogens with one attached hydrogen (secondary N) is 1. The van der Waals surface area contributed by atoms with Crippen molar-refractivity contribution >= 4 is 17.7 Å². The van der Waals surface area contributed by atoms with E-state index in [2.05, 4.69) is 5.32 Å². The highest BCUT2D eigenvalue weighted by Crippen LogP contribution is 2.22. The summed E-state index contributed by atoms with van der Waals surface area (Å²) >= 11 is 0. The number of carbonyl (C=O) groups excluding carboxylic acids is 2. The molecule has 7 heteroatoms. The third-order valence-electron chi connectivity index (χ3n) is 4.08. The first-order valence-electron chi connectivity index (χ1n) is 9.35. The van der Waals surface area contributed by atoms with Crippen LogP contribution >= 0.6 is 0 Å². The van der Waals surface area contributed by atoms with Gasteiger partial charge in [-0.1, -0.05) is 18.2 Å². The molecule has 2 aromatic rings. The Morgan fingerprint density at radius 2 is 1.83 bits per heavy atom. The fraction of sp³-hybridized carbons (Fsp3) is 0.364. The van der Waals surface area contributed by atoms with E-state index in [0.29, 0.717) is 23.5 Å². The van der Waals surface area contributed by atoms with Crippen LogP contribution in [0.3, 0.4) is 0 Å². The molecular weight excluding hydrogens is 375 g/mol. The second-order valence-electron chi connectivity index (χ2n) is 7.45. The molecule has 0 bridgehead atoms. The molecule has 0 saturated heterocycles. The van der Waals surface area contributed by atoms with Gasteiger partial charge < -0.3 is 19.7 Å². The second-order valence-corrected chi connectivity index (χ2v) is 7.45. The monoisotopic (exact) mass is 402 g/mol. The SMILES string of the molecule is CCN(Cc1ccccc1NC(=O)c1ccc(OC)cc1F)C(=O)OC(C)(C)C. The van der Waals surface area contributed by atoms with Crippen LogP contribution in [0.1, 0.15) is 43.6 Å². The van der Waals surface area contributed by atoms with Crippen LogP contribution in [0.4, 0.5) is 14.9 Å². The van der Waals surface area contributed by atoms with Crippen LogP contribution in [0.15, 0.2) is 42.5 Å². The van der Waals surface area contributed by atoms with Gasteiger partial charge in [-0.2, -0.15) is 0 Å². The van der Waals surface area contributed by atoms with E-state index in [9.17, 15) is 14.0 Å². The molecule has 0 unspecified atom stereocenters. The molecule has 0 atom stereocenters. The number of ether oxygens (including phenoxy) is 2. The standard InChI is InChI=1S/C22H27FN2O4/c1-6-25(21(27)29-22(2,3)4)14-15-9-7-8-10-19(15)24-20(26)17-12-11-16(28-5)13-18(17)23/h7-13H,6,14H2,1-5H3,(H,24,26). The molecular formula is C22H27FN2O4. The van der Waals surface area contributed by atoms with Crippen LogP contribution < -0.4 is 10.1 Å². The summed E-state index contributed by atoms with van der Waals surface area (Å²) in [6, 6.07) is 11.1. The number of anilines is 1. The molecule has 0 aliphatic rings. The molecule has 156 valence electrons. The molecule has 0 aliphatic heterocycles. The minimum absolute atomic E-state index is 0.0971. The van der Waals surface area contributed by atoms with E-state index in [0.717, 1.165) is 6.07 Å². The summed E-state index contributed by atoms with van der Waals surface area (Å²) in [4.78, 5) is 26.5. The Kier molecular flexibility index (Phi) is 7.20. The lowest BCUT2D eigenvalue weighted by atomic mass is 10.1. The Morgan fingerprint density at radius 3 is 2.41 bits per heavy atom. The Labute approximate surface area is 170 Å². The largest absolute Gasteiger partial charge is 0.497 e. The molecule has 2 aromatic carbocycles. The van der Waals surface area contributed by atoms with Gasteiger partial charge in [-0.3, -0.25) is 4.79 Å². The minimum Gasteiger partial charge on any atom is -0.497 e. The minimum atomic E-state index is -0.678. The van der Waals surface area contributed by atoms with Crippen LogP contribution in [0, 0.1) is 5.82 Å². The lowest BCUT2D eigenvalue weighted by molar-refractivity contribution is 0.0245. The maximum Gasteiger partial charge on any atom is 0.410 e. The Morgan fingerprint density at radius 1 is 1.14 bits per heavy atom. The van der Waals surface area contributed by atoms with Gasteiger partial charge in [-0.15, -0.1) is 0 Å². The van der Waals surface area contributed by atoms with E-state index in [1.54, 1.807) is 39.0 Å². The van der Waals surface area contributed by atoms with E-state index in [1.165, 1.54) is 24.1 Å². The van der Waals surface area contributed by atoms with Crippen molar-refractivity contribution in [3.8, 4) is 5.75 Å². The van der Waals surface area contributed by atoms with Gasteiger partial charge in [0.25, 0.3) is 5.91 Å². The lowest BCUT2D eigenvalue weighted by Gasteiger charge is -2.27. The van der Waals surface area contributed by atoms with E-state index in [1.807, 2.05) is 13.0 Å². The number of carbonyl (C=O) groups is 2. The zero-order valence-electron chi connectivity index (χ0n) is 17.4. The number of nitrogens with zero attached hydrogens (tertiary/aromatic N) is 1. The highest BCUT2D eigenvalue weighted by atomic mass is 19.1. The summed E-state index contributed by atoms with van der Waals surface area (Å²) in [7, 11) is 1.43. The smallest absolute Gasteiger partial charge is 0.410 e. The van der Waals surface area contributed by atoms with Crippen LogP contribution in [-0.2, 0) is 11.3 Å². The Hall–Kier alpha value is -3.09. The first kappa shape index (κ1) is 22.2. The summed E-state index contributed by atoms with van der Waals surface area (Å²) in [5, 5.41) is 2.72. The van der Waals surface area contributed by atoms with Crippen molar-refractivity contribution in [3.05, 3.63) is 59.4 Å². The predicted octanol–water partition coefficient (Wildman–Crippen LogP) is 4.84. The number of benzene rings is 2. The van der Waals surface area contributed by atoms with Gasteiger partial charge in [0.05, 0.1) is 19.2 Å². The maximum absolute atomic E-state index is 14.2. The fourth-order valence-electron chi connectivity index (χ4n) is 2.61. The van der Waals surface area contributed by atoms with Crippen molar-refractivity contribution in [2.45, 2.75) is 39.8 Å². The highest BCUT2D eigenvalue weighted by Gasteiger charge is 2.22. The fourth-order valence-corrected chi connectivity index (χ4v) is 2.61. The van der Waals surface area contributed by atoms with Crippen LogP contribution in [0.2, 0.25) is 0 Å². The first-order chi connectivity index (χ1) is 13.6. The number of rotatable bonds is 6. The van der Waals surface area contributed by atoms with Crippen molar-refractivity contribution in [3.63, 3.8) is 0 Å². The van der Waals surface area contributed by atoms with Crippen molar-refractivity contribution < 1.29 is 23.5 Å². The van der Waals surface area contributed by atoms with Gasteiger partial charge in [0.2, 0.25) is 0 Å². The lowest BCUT2D eigenvalue weighted by Crippen LogP contribution is -2.36. The number of hydrogen-bond donors (Lipinski definition) is 1. The van der Waals surface area contributed by atoms with E-state index < -0.39 is 23.4 Å². The summed E-state index contributed by atoms with van der Waals surface area (Å²) in [6.07, 6.45) is -0.442. The van der Waals surface area contributed by atoms with Crippen LogP contribution in [0.25, 0.3) is 0 Å². The van der Waals surface area contributed by atoms with Gasteiger partial charge in [-0.25, -0.2) is 9.18 Å². The zero-order chi connectivity index (χ0) is 21.6. The van der Waals surface area contributed by atoms with Crippen LogP contribution in [0.5, 0.6) is 5.75 Å². The summed E-state index contributed by atoms with van der Waals surface area (Å²) in [5.41, 5.74) is 0.502. The maximum atomic E-state index is 14.2. The normalized spacial score (nSPS) is 11.0. The summed E-state index contributed by atoms with van der Waals surface area (Å²) < 4.78 is 24.6. The number of para-hydroxylation sites is 1. The van der Waals surface area contributed by atoms with Crippen molar-refractivity contribution in [2.24, 2.45) is 0 Å². The van der Waals surface area contributed by atoms with E-state index >= 15 is 0 Å².